The van der Waals surface area contributed by atoms with E-state index in [0.717, 1.165) is 62.7 Å². The maximum Gasteiger partial charge on any atom is 0.191 e. The van der Waals surface area contributed by atoms with Gasteiger partial charge in [-0.25, -0.2) is 0 Å². The molecule has 1 saturated heterocycles. The van der Waals surface area contributed by atoms with Crippen LogP contribution in [0, 0.1) is 5.92 Å². The molecule has 0 aromatic carbocycles. The third-order valence-corrected chi connectivity index (χ3v) is 5.24. The minimum atomic E-state index is 0.371. The maximum absolute atomic E-state index is 5.43. The van der Waals surface area contributed by atoms with Crippen LogP contribution in [0.5, 0.6) is 0 Å². The van der Waals surface area contributed by atoms with Crippen molar-refractivity contribution >= 4 is 5.96 Å². The number of guanidine groups is 1. The van der Waals surface area contributed by atoms with Crippen molar-refractivity contribution in [2.24, 2.45) is 10.9 Å². The van der Waals surface area contributed by atoms with Crippen LogP contribution in [0.4, 0.5) is 0 Å². The summed E-state index contributed by atoms with van der Waals surface area (Å²) in [4.78, 5) is 4.40. The van der Waals surface area contributed by atoms with Gasteiger partial charge in [-0.05, 0) is 31.6 Å². The highest BCUT2D eigenvalue weighted by Gasteiger charge is 2.24. The standard InChI is InChI=1S/C18H32N6O/c1-13(2)17-23-22-16-5-4-15(12-24(16)17)21-18(19-3)20-9-6-14-7-10-25-11-8-14/h13-15H,4-12H2,1-3H3,(H2,19,20,21). The molecule has 0 bridgehead atoms. The van der Waals surface area contributed by atoms with Gasteiger partial charge in [-0.1, -0.05) is 13.8 Å². The second kappa shape index (κ2) is 8.65. The lowest BCUT2D eigenvalue weighted by molar-refractivity contribution is 0.0643. The number of hydrogen-bond donors (Lipinski definition) is 2. The van der Waals surface area contributed by atoms with E-state index in [1.807, 2.05) is 7.05 Å². The Morgan fingerprint density at radius 3 is 2.80 bits per heavy atom. The zero-order valence-corrected chi connectivity index (χ0v) is 15.8. The van der Waals surface area contributed by atoms with Crippen LogP contribution in [0.15, 0.2) is 4.99 Å². The fourth-order valence-electron chi connectivity index (χ4n) is 3.71. The molecule has 25 heavy (non-hydrogen) atoms. The SMILES string of the molecule is CN=C(NCCC1CCOCC1)NC1CCc2nnc(C(C)C)n2C1. The van der Waals surface area contributed by atoms with Gasteiger partial charge in [0.15, 0.2) is 5.96 Å². The summed E-state index contributed by atoms with van der Waals surface area (Å²) in [7, 11) is 1.84. The topological polar surface area (TPSA) is 76.4 Å². The first kappa shape index (κ1) is 18.2. The molecule has 140 valence electrons. The number of ether oxygens (including phenoxy) is 1. The van der Waals surface area contributed by atoms with Gasteiger partial charge < -0.3 is 19.9 Å². The Labute approximate surface area is 150 Å². The molecule has 0 spiro atoms. The number of aryl methyl sites for hydroxylation is 1. The number of nitrogens with zero attached hydrogens (tertiary/aromatic N) is 4. The van der Waals surface area contributed by atoms with Crippen molar-refractivity contribution in [3.63, 3.8) is 0 Å². The van der Waals surface area contributed by atoms with Crippen LogP contribution in [0.25, 0.3) is 0 Å². The monoisotopic (exact) mass is 348 g/mol. The van der Waals surface area contributed by atoms with Crippen molar-refractivity contribution in [2.75, 3.05) is 26.8 Å². The molecule has 2 aliphatic rings. The van der Waals surface area contributed by atoms with E-state index in [-0.39, 0.29) is 0 Å². The number of hydrogen-bond acceptors (Lipinski definition) is 4. The molecule has 2 aliphatic heterocycles. The predicted molar refractivity (Wildman–Crippen MR) is 98.9 cm³/mol. The lowest BCUT2D eigenvalue weighted by Crippen LogP contribution is -2.47. The molecule has 1 aromatic rings. The minimum absolute atomic E-state index is 0.371. The van der Waals surface area contributed by atoms with Crippen molar-refractivity contribution in [3.8, 4) is 0 Å². The van der Waals surface area contributed by atoms with Gasteiger partial charge in [0.05, 0.1) is 0 Å². The first-order chi connectivity index (χ1) is 12.2. The highest BCUT2D eigenvalue weighted by molar-refractivity contribution is 5.79. The zero-order chi connectivity index (χ0) is 17.6. The van der Waals surface area contributed by atoms with Gasteiger partial charge in [0, 0.05) is 51.7 Å². The molecule has 1 fully saturated rings. The molecule has 0 radical (unpaired) electrons. The average Bonchev–Trinajstić information content (AvgIpc) is 3.05. The van der Waals surface area contributed by atoms with Crippen LogP contribution in [0.3, 0.4) is 0 Å². The fraction of sp³-hybridized carbons (Fsp3) is 0.833. The lowest BCUT2D eigenvalue weighted by atomic mass is 9.97. The third-order valence-electron chi connectivity index (χ3n) is 5.24. The molecule has 3 rings (SSSR count). The molecule has 3 heterocycles. The molecule has 1 aromatic heterocycles. The number of fused-ring (bicyclic) bond motifs is 1. The first-order valence-electron chi connectivity index (χ1n) is 9.64. The van der Waals surface area contributed by atoms with Crippen LogP contribution < -0.4 is 10.6 Å². The van der Waals surface area contributed by atoms with E-state index in [4.69, 9.17) is 4.74 Å². The van der Waals surface area contributed by atoms with Crippen molar-refractivity contribution in [2.45, 2.75) is 64.5 Å². The van der Waals surface area contributed by atoms with Gasteiger partial charge in [0.25, 0.3) is 0 Å². The second-order valence-corrected chi connectivity index (χ2v) is 7.46. The summed E-state index contributed by atoms with van der Waals surface area (Å²) in [6, 6.07) is 0.371. The summed E-state index contributed by atoms with van der Waals surface area (Å²) in [5.41, 5.74) is 0. The molecule has 1 atom stereocenters. The fourth-order valence-corrected chi connectivity index (χ4v) is 3.71. The van der Waals surface area contributed by atoms with Crippen LogP contribution in [0.1, 0.15) is 57.1 Å². The van der Waals surface area contributed by atoms with Gasteiger partial charge in [0.2, 0.25) is 0 Å². The summed E-state index contributed by atoms with van der Waals surface area (Å²) in [5.74, 6) is 4.28. The number of aliphatic imine (C=N–C) groups is 1. The number of nitrogens with one attached hydrogen (secondary N) is 2. The van der Waals surface area contributed by atoms with Gasteiger partial charge in [-0.2, -0.15) is 0 Å². The Morgan fingerprint density at radius 1 is 1.28 bits per heavy atom. The smallest absolute Gasteiger partial charge is 0.191 e. The van der Waals surface area contributed by atoms with E-state index in [1.54, 1.807) is 0 Å². The molecule has 1 unspecified atom stereocenters. The molecule has 2 N–H and O–H groups in total. The average molecular weight is 348 g/mol. The van der Waals surface area contributed by atoms with Crippen molar-refractivity contribution in [1.82, 2.24) is 25.4 Å². The minimum Gasteiger partial charge on any atom is -0.381 e. The van der Waals surface area contributed by atoms with E-state index in [0.29, 0.717) is 12.0 Å². The number of aromatic nitrogens is 3. The molecule has 0 aliphatic carbocycles. The highest BCUT2D eigenvalue weighted by atomic mass is 16.5. The van der Waals surface area contributed by atoms with E-state index in [9.17, 15) is 0 Å². The molecule has 0 amide bonds. The first-order valence-corrected chi connectivity index (χ1v) is 9.64. The molecule has 7 heteroatoms. The van der Waals surface area contributed by atoms with E-state index in [2.05, 4.69) is 44.2 Å². The Balaban J connectivity index is 1.48. The molecular weight excluding hydrogens is 316 g/mol. The summed E-state index contributed by atoms with van der Waals surface area (Å²) in [6.07, 6.45) is 5.59. The van der Waals surface area contributed by atoms with E-state index >= 15 is 0 Å². The lowest BCUT2D eigenvalue weighted by Gasteiger charge is -2.28. The highest BCUT2D eigenvalue weighted by Crippen LogP contribution is 2.20. The Morgan fingerprint density at radius 2 is 2.08 bits per heavy atom. The predicted octanol–water partition coefficient (Wildman–Crippen LogP) is 1.70. The summed E-state index contributed by atoms with van der Waals surface area (Å²) in [5, 5.41) is 15.8. The van der Waals surface area contributed by atoms with E-state index < -0.39 is 0 Å². The maximum atomic E-state index is 5.43. The Bertz CT molecular complexity index is 576. The quantitative estimate of drug-likeness (QED) is 0.626. The van der Waals surface area contributed by atoms with Crippen molar-refractivity contribution in [1.29, 1.82) is 0 Å². The Hall–Kier alpha value is -1.63. The normalized spacial score (nSPS) is 22.1. The largest absolute Gasteiger partial charge is 0.381 e. The van der Waals surface area contributed by atoms with Crippen molar-refractivity contribution in [3.05, 3.63) is 11.6 Å². The second-order valence-electron chi connectivity index (χ2n) is 7.46. The summed E-state index contributed by atoms with van der Waals surface area (Å²) >= 11 is 0. The summed E-state index contributed by atoms with van der Waals surface area (Å²) < 4.78 is 7.71. The van der Waals surface area contributed by atoms with Gasteiger partial charge >= 0.3 is 0 Å². The van der Waals surface area contributed by atoms with Gasteiger partial charge in [0.1, 0.15) is 11.6 Å². The van der Waals surface area contributed by atoms with Crippen molar-refractivity contribution < 1.29 is 4.74 Å². The Kier molecular flexibility index (Phi) is 6.29. The molecule has 0 saturated carbocycles. The van der Waals surface area contributed by atoms with Crippen LogP contribution >= 0.6 is 0 Å². The van der Waals surface area contributed by atoms with Crippen LogP contribution in [-0.2, 0) is 17.7 Å². The molecular formula is C18H32N6O. The molecule has 7 nitrogen and oxygen atoms in total. The van der Waals surface area contributed by atoms with E-state index in [1.165, 1.54) is 19.3 Å². The van der Waals surface area contributed by atoms with Gasteiger partial charge in [-0.15, -0.1) is 10.2 Å². The third kappa shape index (κ3) is 4.71. The summed E-state index contributed by atoms with van der Waals surface area (Å²) in [6.45, 7) is 8.05. The van der Waals surface area contributed by atoms with Gasteiger partial charge in [-0.3, -0.25) is 4.99 Å². The number of rotatable bonds is 5. The van der Waals surface area contributed by atoms with Crippen LogP contribution in [-0.4, -0.2) is 53.6 Å². The zero-order valence-electron chi connectivity index (χ0n) is 15.8. The van der Waals surface area contributed by atoms with Crippen LogP contribution in [0.2, 0.25) is 0 Å².